The Morgan fingerprint density at radius 2 is 2.12 bits per heavy atom. The number of allylic oxidation sites excluding steroid dienone is 1. The molecule has 6 heteroatoms. The zero-order valence-electron chi connectivity index (χ0n) is 13.9. The van der Waals surface area contributed by atoms with Crippen molar-refractivity contribution in [3.05, 3.63) is 47.0 Å². The minimum absolute atomic E-state index is 0.171. The van der Waals surface area contributed by atoms with E-state index < -0.39 is 11.9 Å². The van der Waals surface area contributed by atoms with Gasteiger partial charge >= 0.3 is 0 Å². The largest absolute Gasteiger partial charge is 0.322 e. The number of fused-ring (bicyclic) bond motifs is 1. The molecule has 0 radical (unpaired) electrons. The molecule has 1 unspecified atom stereocenters. The van der Waals surface area contributed by atoms with Crippen LogP contribution in [0.25, 0.3) is 0 Å². The van der Waals surface area contributed by atoms with Crippen LogP contribution >= 0.6 is 0 Å². The molecule has 2 heterocycles. The Kier molecular flexibility index (Phi) is 4.79. The van der Waals surface area contributed by atoms with Crippen LogP contribution in [0, 0.1) is 0 Å². The number of nitrogens with one attached hydrogen (secondary N) is 1. The lowest BCUT2D eigenvalue weighted by molar-refractivity contribution is -0.136. The van der Waals surface area contributed by atoms with Gasteiger partial charge in [-0.15, -0.1) is 0 Å². The van der Waals surface area contributed by atoms with Crippen molar-refractivity contribution >= 4 is 24.0 Å². The summed E-state index contributed by atoms with van der Waals surface area (Å²) < 4.78 is 0. The van der Waals surface area contributed by atoms with E-state index in [9.17, 15) is 19.2 Å². The number of carbonyl (C=O) groups is 4. The van der Waals surface area contributed by atoms with E-state index in [0.29, 0.717) is 37.8 Å². The molecule has 2 aliphatic heterocycles. The van der Waals surface area contributed by atoms with E-state index in [1.165, 1.54) is 4.90 Å². The Morgan fingerprint density at radius 3 is 2.84 bits per heavy atom. The first-order valence-corrected chi connectivity index (χ1v) is 8.36. The van der Waals surface area contributed by atoms with Gasteiger partial charge in [0, 0.05) is 24.9 Å². The number of amides is 3. The first-order chi connectivity index (χ1) is 12.0. The third kappa shape index (κ3) is 3.52. The predicted molar refractivity (Wildman–Crippen MR) is 90.6 cm³/mol. The number of benzene rings is 1. The zero-order chi connectivity index (χ0) is 18.0. The summed E-state index contributed by atoms with van der Waals surface area (Å²) in [5.41, 5.74) is 3.49. The molecular weight excluding hydrogens is 320 g/mol. The summed E-state index contributed by atoms with van der Waals surface area (Å²) in [6, 6.07) is 5.04. The van der Waals surface area contributed by atoms with Crippen molar-refractivity contribution in [2.75, 3.05) is 0 Å². The first-order valence-electron chi connectivity index (χ1n) is 8.36. The molecule has 0 bridgehead atoms. The topological polar surface area (TPSA) is 83.6 Å². The summed E-state index contributed by atoms with van der Waals surface area (Å²) in [6.45, 7) is 4.35. The number of hydrogen-bond donors (Lipinski definition) is 1. The molecule has 6 nitrogen and oxygen atoms in total. The molecule has 0 aromatic heterocycles. The Balaban J connectivity index is 1.73. The standard InChI is InChI=1S/C19H20N2O4/c1-12(3-2-8-22)9-13-4-5-15-14(10-13)11-21(19(15)25)16-6-7-17(23)20-18(16)24/h4-5,8,10,16H,1-3,6-7,9,11H2,(H,20,23,24). The van der Waals surface area contributed by atoms with E-state index in [-0.39, 0.29) is 18.2 Å². The normalized spacial score (nSPS) is 19.6. The number of carbonyl (C=O) groups excluding carboxylic acids is 4. The van der Waals surface area contributed by atoms with Gasteiger partial charge in [0.05, 0.1) is 0 Å². The maximum Gasteiger partial charge on any atom is 0.255 e. The maximum atomic E-state index is 12.6. The molecule has 1 saturated heterocycles. The second-order valence-corrected chi connectivity index (χ2v) is 6.52. The molecule has 3 amide bonds. The quantitative estimate of drug-likeness (QED) is 0.483. The van der Waals surface area contributed by atoms with Crippen molar-refractivity contribution in [3.8, 4) is 0 Å². The molecule has 1 aromatic carbocycles. The molecule has 1 aromatic rings. The fourth-order valence-corrected chi connectivity index (χ4v) is 3.38. The molecule has 2 aliphatic rings. The van der Waals surface area contributed by atoms with E-state index in [1.807, 2.05) is 12.1 Å². The maximum absolute atomic E-state index is 12.6. The monoisotopic (exact) mass is 340 g/mol. The highest BCUT2D eigenvalue weighted by Gasteiger charge is 2.38. The number of nitrogens with zero attached hydrogens (tertiary/aromatic N) is 1. The van der Waals surface area contributed by atoms with Crippen molar-refractivity contribution in [2.45, 2.75) is 44.7 Å². The fraction of sp³-hybridized carbons (Fsp3) is 0.368. The van der Waals surface area contributed by atoms with Crippen molar-refractivity contribution in [1.82, 2.24) is 10.2 Å². The lowest BCUT2D eigenvalue weighted by Gasteiger charge is -2.29. The fourth-order valence-electron chi connectivity index (χ4n) is 3.38. The SMILES string of the molecule is C=C(CCC=O)Cc1ccc2c(c1)CN(C1CCC(=O)NC1=O)C2=O. The molecule has 3 rings (SSSR count). The lowest BCUT2D eigenvalue weighted by atomic mass is 9.99. The second kappa shape index (κ2) is 7.01. The molecule has 1 N–H and O–H groups in total. The molecule has 1 fully saturated rings. The summed E-state index contributed by atoms with van der Waals surface area (Å²) >= 11 is 0. The summed E-state index contributed by atoms with van der Waals surface area (Å²) in [5.74, 6) is -0.864. The summed E-state index contributed by atoms with van der Waals surface area (Å²) in [5, 5.41) is 2.30. The molecule has 25 heavy (non-hydrogen) atoms. The highest BCUT2D eigenvalue weighted by Crippen LogP contribution is 2.28. The van der Waals surface area contributed by atoms with Crippen LogP contribution in [0.1, 0.15) is 47.2 Å². The van der Waals surface area contributed by atoms with Gasteiger partial charge in [-0.1, -0.05) is 24.3 Å². The highest BCUT2D eigenvalue weighted by molar-refractivity contribution is 6.05. The number of imide groups is 1. The van der Waals surface area contributed by atoms with Gasteiger partial charge in [-0.05, 0) is 36.5 Å². The Hall–Kier alpha value is -2.76. The van der Waals surface area contributed by atoms with E-state index in [2.05, 4.69) is 11.9 Å². The number of rotatable bonds is 6. The average molecular weight is 340 g/mol. The number of piperidine rings is 1. The van der Waals surface area contributed by atoms with Crippen molar-refractivity contribution in [1.29, 1.82) is 0 Å². The third-order valence-electron chi connectivity index (χ3n) is 4.66. The molecule has 0 spiro atoms. The number of aldehydes is 1. The molecule has 1 atom stereocenters. The Bertz CT molecular complexity index is 769. The van der Waals surface area contributed by atoms with Crippen LogP contribution in [0.2, 0.25) is 0 Å². The van der Waals surface area contributed by atoms with Crippen LogP contribution in [0.5, 0.6) is 0 Å². The lowest BCUT2D eigenvalue weighted by Crippen LogP contribution is -2.52. The molecule has 0 aliphatic carbocycles. The van der Waals surface area contributed by atoms with Gasteiger partial charge in [-0.25, -0.2) is 0 Å². The van der Waals surface area contributed by atoms with E-state index in [4.69, 9.17) is 0 Å². The van der Waals surface area contributed by atoms with Gasteiger partial charge in [0.25, 0.3) is 5.91 Å². The van der Waals surface area contributed by atoms with Crippen LogP contribution < -0.4 is 5.32 Å². The third-order valence-corrected chi connectivity index (χ3v) is 4.66. The second-order valence-electron chi connectivity index (χ2n) is 6.52. The summed E-state index contributed by atoms with van der Waals surface area (Å²) in [4.78, 5) is 47.9. The molecule has 0 saturated carbocycles. The van der Waals surface area contributed by atoms with Crippen LogP contribution in [0.15, 0.2) is 30.4 Å². The van der Waals surface area contributed by atoms with Gasteiger partial charge < -0.3 is 9.69 Å². The van der Waals surface area contributed by atoms with Crippen molar-refractivity contribution in [3.63, 3.8) is 0 Å². The average Bonchev–Trinajstić information content (AvgIpc) is 2.89. The van der Waals surface area contributed by atoms with Gasteiger partial charge in [-0.3, -0.25) is 19.7 Å². The Labute approximate surface area is 145 Å². The van der Waals surface area contributed by atoms with Gasteiger partial charge in [-0.2, -0.15) is 0 Å². The van der Waals surface area contributed by atoms with E-state index in [1.54, 1.807) is 6.07 Å². The summed E-state index contributed by atoms with van der Waals surface area (Å²) in [7, 11) is 0. The van der Waals surface area contributed by atoms with Gasteiger partial charge in [0.2, 0.25) is 11.8 Å². The summed E-state index contributed by atoms with van der Waals surface area (Å²) in [6.07, 6.45) is 3.27. The van der Waals surface area contributed by atoms with Gasteiger partial charge in [0.1, 0.15) is 12.3 Å². The molecule has 130 valence electrons. The van der Waals surface area contributed by atoms with Crippen LogP contribution in [0.3, 0.4) is 0 Å². The van der Waals surface area contributed by atoms with Crippen LogP contribution in [-0.4, -0.2) is 34.9 Å². The van der Waals surface area contributed by atoms with Crippen LogP contribution in [-0.2, 0) is 27.3 Å². The smallest absolute Gasteiger partial charge is 0.255 e. The van der Waals surface area contributed by atoms with Crippen molar-refractivity contribution in [2.24, 2.45) is 0 Å². The van der Waals surface area contributed by atoms with Gasteiger partial charge in [0.15, 0.2) is 0 Å². The highest BCUT2D eigenvalue weighted by atomic mass is 16.2. The van der Waals surface area contributed by atoms with E-state index >= 15 is 0 Å². The molecular formula is C19H20N2O4. The first kappa shape index (κ1) is 17.1. The minimum atomic E-state index is -0.594. The minimum Gasteiger partial charge on any atom is -0.322 e. The Morgan fingerprint density at radius 1 is 1.32 bits per heavy atom. The zero-order valence-corrected chi connectivity index (χ0v) is 13.9. The number of hydrogen-bond acceptors (Lipinski definition) is 4. The van der Waals surface area contributed by atoms with Crippen LogP contribution in [0.4, 0.5) is 0 Å². The predicted octanol–water partition coefficient (Wildman–Crippen LogP) is 1.53. The van der Waals surface area contributed by atoms with E-state index in [0.717, 1.165) is 23.0 Å². The van der Waals surface area contributed by atoms with Crippen molar-refractivity contribution < 1.29 is 19.2 Å².